The average Bonchev–Trinajstić information content (AvgIpc) is 2.37. The van der Waals surface area contributed by atoms with Gasteiger partial charge in [-0.1, -0.05) is 12.1 Å². The number of carboxylic acids is 1. The summed E-state index contributed by atoms with van der Waals surface area (Å²) in [7, 11) is 0. The number of carboxylic acid groups (broad SMARTS) is 1. The Morgan fingerprint density at radius 2 is 2.26 bits per heavy atom. The second kappa shape index (κ2) is 5.38. The van der Waals surface area contributed by atoms with E-state index in [0.29, 0.717) is 5.56 Å². The predicted molar refractivity (Wildman–Crippen MR) is 68.3 cm³/mol. The number of ketones is 1. The third-order valence-electron chi connectivity index (χ3n) is 3.29. The molecule has 102 valence electrons. The van der Waals surface area contributed by atoms with Gasteiger partial charge in [0.25, 0.3) is 0 Å². The molecule has 19 heavy (non-hydrogen) atoms. The van der Waals surface area contributed by atoms with Gasteiger partial charge in [0.15, 0.2) is 11.2 Å². The molecule has 1 atom stereocenters. The van der Waals surface area contributed by atoms with Crippen LogP contribution in [0.15, 0.2) is 22.7 Å². The van der Waals surface area contributed by atoms with Gasteiger partial charge < -0.3 is 9.84 Å². The van der Waals surface area contributed by atoms with E-state index in [9.17, 15) is 19.1 Å². The lowest BCUT2D eigenvalue weighted by atomic mass is 9.76. The normalized spacial score (nSPS) is 23.4. The van der Waals surface area contributed by atoms with E-state index in [-0.39, 0.29) is 36.3 Å². The Morgan fingerprint density at radius 3 is 2.89 bits per heavy atom. The van der Waals surface area contributed by atoms with Crippen LogP contribution in [0.3, 0.4) is 0 Å². The molecule has 0 aromatic heterocycles. The minimum Gasteiger partial charge on any atom is -0.480 e. The first-order valence-electron chi connectivity index (χ1n) is 5.75. The fourth-order valence-electron chi connectivity index (χ4n) is 2.15. The maximum Gasteiger partial charge on any atom is 0.319 e. The molecule has 0 saturated carbocycles. The molecule has 0 spiro atoms. The Balaban J connectivity index is 2.39. The van der Waals surface area contributed by atoms with Gasteiger partial charge in [-0.15, -0.1) is 0 Å². The fourth-order valence-corrected chi connectivity index (χ4v) is 2.55. The van der Waals surface area contributed by atoms with E-state index in [0.717, 1.165) is 0 Å². The van der Waals surface area contributed by atoms with Gasteiger partial charge in [0.05, 0.1) is 17.7 Å². The van der Waals surface area contributed by atoms with E-state index < -0.39 is 17.2 Å². The smallest absolute Gasteiger partial charge is 0.319 e. The zero-order valence-corrected chi connectivity index (χ0v) is 11.6. The molecule has 4 nitrogen and oxygen atoms in total. The number of rotatable bonds is 3. The van der Waals surface area contributed by atoms with Crippen LogP contribution in [0.4, 0.5) is 4.39 Å². The number of ether oxygens (including phenoxy) is 1. The van der Waals surface area contributed by atoms with Crippen molar-refractivity contribution >= 4 is 27.7 Å². The largest absolute Gasteiger partial charge is 0.480 e. The van der Waals surface area contributed by atoms with Gasteiger partial charge in [-0.05, 0) is 34.0 Å². The van der Waals surface area contributed by atoms with Crippen LogP contribution >= 0.6 is 15.9 Å². The van der Waals surface area contributed by atoms with Crippen molar-refractivity contribution in [2.45, 2.75) is 12.8 Å². The lowest BCUT2D eigenvalue weighted by Gasteiger charge is -2.31. The number of halogens is 2. The fraction of sp³-hybridized carbons (Fsp3) is 0.385. The molecule has 1 aromatic rings. The second-order valence-electron chi connectivity index (χ2n) is 4.50. The highest BCUT2D eigenvalue weighted by Gasteiger charge is 2.48. The SMILES string of the molecule is O=C(O)C1(Cc2cccc(F)c2Br)COCCC1=O. The van der Waals surface area contributed by atoms with Crippen LogP contribution in [-0.2, 0) is 20.7 Å². The number of hydrogen-bond acceptors (Lipinski definition) is 3. The Bertz CT molecular complexity index is 531. The molecule has 1 aliphatic heterocycles. The molecule has 1 fully saturated rings. The average molecular weight is 331 g/mol. The van der Waals surface area contributed by atoms with E-state index in [1.54, 1.807) is 6.07 Å². The van der Waals surface area contributed by atoms with Gasteiger partial charge >= 0.3 is 5.97 Å². The van der Waals surface area contributed by atoms with Crippen molar-refractivity contribution in [2.24, 2.45) is 5.41 Å². The summed E-state index contributed by atoms with van der Waals surface area (Å²) in [5.74, 6) is -2.09. The predicted octanol–water partition coefficient (Wildman–Crippen LogP) is 2.19. The van der Waals surface area contributed by atoms with Crippen molar-refractivity contribution in [3.8, 4) is 0 Å². The van der Waals surface area contributed by atoms with Crippen molar-refractivity contribution in [3.63, 3.8) is 0 Å². The summed E-state index contributed by atoms with van der Waals surface area (Å²) in [6, 6.07) is 4.35. The number of carbonyl (C=O) groups is 2. The Kier molecular flexibility index (Phi) is 4.01. The topological polar surface area (TPSA) is 63.6 Å². The van der Waals surface area contributed by atoms with E-state index in [2.05, 4.69) is 15.9 Å². The van der Waals surface area contributed by atoms with Gasteiger partial charge in [-0.3, -0.25) is 9.59 Å². The highest BCUT2D eigenvalue weighted by Crippen LogP contribution is 2.33. The highest BCUT2D eigenvalue weighted by molar-refractivity contribution is 9.10. The van der Waals surface area contributed by atoms with E-state index in [4.69, 9.17) is 4.74 Å². The van der Waals surface area contributed by atoms with Crippen molar-refractivity contribution in [1.82, 2.24) is 0 Å². The molecule has 0 radical (unpaired) electrons. The molecule has 0 aliphatic carbocycles. The summed E-state index contributed by atoms with van der Waals surface area (Å²) in [5.41, 5.74) is -1.17. The molecule has 0 bridgehead atoms. The van der Waals surface area contributed by atoms with Crippen molar-refractivity contribution < 1.29 is 23.8 Å². The first-order valence-corrected chi connectivity index (χ1v) is 6.54. The second-order valence-corrected chi connectivity index (χ2v) is 5.30. The summed E-state index contributed by atoms with van der Waals surface area (Å²) < 4.78 is 18.8. The molecular weight excluding hydrogens is 319 g/mol. The van der Waals surface area contributed by atoms with E-state index >= 15 is 0 Å². The van der Waals surface area contributed by atoms with Gasteiger partial charge in [0.1, 0.15) is 5.82 Å². The van der Waals surface area contributed by atoms with Gasteiger partial charge in [0.2, 0.25) is 0 Å². The molecule has 1 aliphatic rings. The van der Waals surface area contributed by atoms with Gasteiger partial charge in [-0.2, -0.15) is 0 Å². The molecule has 6 heteroatoms. The number of Topliss-reactive ketones (excluding diaryl/α,β-unsaturated/α-hetero) is 1. The van der Waals surface area contributed by atoms with Crippen molar-refractivity contribution in [1.29, 1.82) is 0 Å². The third kappa shape index (κ3) is 2.55. The van der Waals surface area contributed by atoms with E-state index in [1.807, 2.05) is 0 Å². The molecule has 1 N–H and O–H groups in total. The molecule has 2 rings (SSSR count). The van der Waals surface area contributed by atoms with Crippen LogP contribution < -0.4 is 0 Å². The Morgan fingerprint density at radius 1 is 1.53 bits per heavy atom. The highest BCUT2D eigenvalue weighted by atomic mass is 79.9. The Labute approximate surface area is 117 Å². The van der Waals surface area contributed by atoms with Crippen LogP contribution in [0.1, 0.15) is 12.0 Å². The summed E-state index contributed by atoms with van der Waals surface area (Å²) in [6.07, 6.45) is -0.0151. The number of carbonyl (C=O) groups excluding carboxylic acids is 1. The molecule has 1 saturated heterocycles. The zero-order chi connectivity index (χ0) is 14.0. The third-order valence-corrected chi connectivity index (χ3v) is 4.18. The summed E-state index contributed by atoms with van der Waals surface area (Å²) >= 11 is 3.08. The van der Waals surface area contributed by atoms with Gasteiger partial charge in [0, 0.05) is 6.42 Å². The number of hydrogen-bond donors (Lipinski definition) is 1. The maximum atomic E-state index is 13.4. The minimum absolute atomic E-state index is 0.0687. The quantitative estimate of drug-likeness (QED) is 0.863. The maximum absolute atomic E-state index is 13.4. The zero-order valence-electron chi connectivity index (χ0n) is 9.99. The molecular formula is C13H12BrFO4. The first-order chi connectivity index (χ1) is 8.97. The molecule has 0 amide bonds. The first kappa shape index (κ1) is 14.1. The van der Waals surface area contributed by atoms with Crippen molar-refractivity contribution in [2.75, 3.05) is 13.2 Å². The van der Waals surface area contributed by atoms with E-state index in [1.165, 1.54) is 12.1 Å². The molecule has 1 aromatic carbocycles. The lowest BCUT2D eigenvalue weighted by Crippen LogP contribution is -2.48. The minimum atomic E-state index is -1.62. The molecule has 1 unspecified atom stereocenters. The summed E-state index contributed by atoms with van der Waals surface area (Å²) in [4.78, 5) is 23.5. The number of aliphatic carboxylic acids is 1. The van der Waals surface area contributed by atoms with Crippen LogP contribution in [0, 0.1) is 11.2 Å². The molecule has 1 heterocycles. The van der Waals surface area contributed by atoms with Crippen LogP contribution in [0.25, 0.3) is 0 Å². The summed E-state index contributed by atoms with van der Waals surface area (Å²) in [6.45, 7) is 0.0578. The Hall–Kier alpha value is -1.27. The van der Waals surface area contributed by atoms with Crippen LogP contribution in [0.2, 0.25) is 0 Å². The van der Waals surface area contributed by atoms with Crippen LogP contribution in [-0.4, -0.2) is 30.1 Å². The monoisotopic (exact) mass is 330 g/mol. The number of benzene rings is 1. The van der Waals surface area contributed by atoms with Crippen LogP contribution in [0.5, 0.6) is 0 Å². The standard InChI is InChI=1S/C13H12BrFO4/c14-11-8(2-1-3-9(11)15)6-13(12(17)18)7-19-5-4-10(13)16/h1-3H,4-7H2,(H,17,18). The van der Waals surface area contributed by atoms with Crippen molar-refractivity contribution in [3.05, 3.63) is 34.1 Å². The lowest BCUT2D eigenvalue weighted by molar-refractivity contribution is -0.164. The summed E-state index contributed by atoms with van der Waals surface area (Å²) in [5, 5.41) is 9.37. The van der Waals surface area contributed by atoms with Gasteiger partial charge in [-0.25, -0.2) is 4.39 Å².